The van der Waals surface area contributed by atoms with Crippen LogP contribution in [-0.2, 0) is 11.0 Å². The monoisotopic (exact) mass is 443 g/mol. The number of carbonyl (C=O) groups excluding carboxylic acids is 1. The van der Waals surface area contributed by atoms with Crippen LogP contribution in [0.5, 0.6) is 0 Å². The maximum Gasteiger partial charge on any atom is 0.257 e. The number of benzene rings is 1. The third-order valence-corrected chi connectivity index (χ3v) is 4.42. The minimum Gasteiger partial charge on any atom is -0.307 e. The van der Waals surface area contributed by atoms with Gasteiger partial charge in [-0.15, -0.1) is 0 Å². The number of rotatable bonds is 2. The van der Waals surface area contributed by atoms with Crippen molar-refractivity contribution < 1.29 is 9.18 Å². The van der Waals surface area contributed by atoms with E-state index in [1.165, 1.54) is 18.2 Å². The molecule has 4 nitrogen and oxygen atoms in total. The molecule has 0 bridgehead atoms. The molecule has 2 aromatic rings. The summed E-state index contributed by atoms with van der Waals surface area (Å²) in [5, 5.41) is 7.60. The minimum atomic E-state index is -0.356. The molecule has 6 heteroatoms. The predicted molar refractivity (Wildman–Crippen MR) is 103 cm³/mol. The molecule has 2 rings (SSSR count). The Kier molecular flexibility index (Phi) is 5.09. The van der Waals surface area contributed by atoms with Gasteiger partial charge in [-0.25, -0.2) is 9.07 Å². The predicted octanol–water partition coefficient (Wildman–Crippen LogP) is 4.93. The lowest BCUT2D eigenvalue weighted by molar-refractivity contribution is 0.102. The van der Waals surface area contributed by atoms with Crippen LogP contribution in [0.3, 0.4) is 0 Å². The van der Waals surface area contributed by atoms with Crippen LogP contribution in [0.15, 0.2) is 24.3 Å². The Bertz CT molecular complexity index is 770. The van der Waals surface area contributed by atoms with E-state index in [1.807, 2.05) is 54.1 Å². The number of nitrogens with one attached hydrogen (secondary N) is 1. The normalized spacial score (nSPS) is 12.3. The highest BCUT2D eigenvalue weighted by Crippen LogP contribution is 2.28. The van der Waals surface area contributed by atoms with Gasteiger partial charge in [-0.3, -0.25) is 4.79 Å². The fourth-order valence-electron chi connectivity index (χ4n) is 2.21. The van der Waals surface area contributed by atoms with Gasteiger partial charge in [0.25, 0.3) is 5.91 Å². The molecule has 0 saturated heterocycles. The number of carbonyl (C=O) groups is 1. The van der Waals surface area contributed by atoms with Gasteiger partial charge in [0.1, 0.15) is 11.6 Å². The molecule has 0 saturated carbocycles. The van der Waals surface area contributed by atoms with Crippen molar-refractivity contribution in [3.8, 4) is 0 Å². The largest absolute Gasteiger partial charge is 0.307 e. The molecule has 1 aromatic heterocycles. The van der Waals surface area contributed by atoms with Crippen molar-refractivity contribution in [2.45, 2.75) is 52.5 Å². The topological polar surface area (TPSA) is 46.9 Å². The van der Waals surface area contributed by atoms with Crippen LogP contribution in [0.2, 0.25) is 0 Å². The lowest BCUT2D eigenvalue weighted by Crippen LogP contribution is -2.27. The van der Waals surface area contributed by atoms with E-state index in [0.717, 1.165) is 5.69 Å². The molecule has 1 heterocycles. The standard InChI is InChI=1S/C18H23FIN3O/c1-17(2,3)14-10-15(23(22-14)18(4,5)6)21-16(24)12-8-7-11(19)9-13(12)20/h7-10H,1-6H3,(H,21,24). The van der Waals surface area contributed by atoms with Crippen LogP contribution < -0.4 is 5.32 Å². The van der Waals surface area contributed by atoms with Crippen molar-refractivity contribution in [2.75, 3.05) is 5.32 Å². The van der Waals surface area contributed by atoms with Crippen LogP contribution in [0, 0.1) is 9.39 Å². The quantitative estimate of drug-likeness (QED) is 0.670. The van der Waals surface area contributed by atoms with Crippen LogP contribution in [0.25, 0.3) is 0 Å². The Labute approximate surface area is 156 Å². The summed E-state index contributed by atoms with van der Waals surface area (Å²) in [7, 11) is 0. The number of hydrogen-bond donors (Lipinski definition) is 1. The fourth-order valence-corrected chi connectivity index (χ4v) is 2.93. The molecular weight excluding hydrogens is 420 g/mol. The van der Waals surface area contributed by atoms with Crippen molar-refractivity contribution >= 4 is 34.3 Å². The average molecular weight is 443 g/mol. The summed E-state index contributed by atoms with van der Waals surface area (Å²) >= 11 is 1.96. The summed E-state index contributed by atoms with van der Waals surface area (Å²) in [6.45, 7) is 12.3. The summed E-state index contributed by atoms with van der Waals surface area (Å²) in [6, 6.07) is 6.03. The Balaban J connectivity index is 2.41. The molecular formula is C18H23FIN3O. The average Bonchev–Trinajstić information content (AvgIpc) is 2.82. The van der Waals surface area contributed by atoms with Gasteiger partial charge >= 0.3 is 0 Å². The third kappa shape index (κ3) is 4.15. The summed E-state index contributed by atoms with van der Waals surface area (Å²) in [4.78, 5) is 12.6. The van der Waals surface area contributed by atoms with Crippen LogP contribution >= 0.6 is 22.6 Å². The van der Waals surface area contributed by atoms with Crippen molar-refractivity contribution in [3.05, 3.63) is 44.9 Å². The van der Waals surface area contributed by atoms with Gasteiger partial charge < -0.3 is 5.32 Å². The van der Waals surface area contributed by atoms with E-state index < -0.39 is 0 Å². The molecule has 0 fully saturated rings. The fraction of sp³-hybridized carbons (Fsp3) is 0.444. The van der Waals surface area contributed by atoms with E-state index in [2.05, 4.69) is 31.2 Å². The third-order valence-electron chi connectivity index (χ3n) is 3.53. The maximum atomic E-state index is 13.2. The molecule has 1 N–H and O–H groups in total. The van der Waals surface area contributed by atoms with Crippen molar-refractivity contribution in [1.29, 1.82) is 0 Å². The number of amides is 1. The van der Waals surface area contributed by atoms with E-state index in [9.17, 15) is 9.18 Å². The first-order valence-corrected chi connectivity index (χ1v) is 8.85. The zero-order chi connectivity index (χ0) is 18.3. The van der Waals surface area contributed by atoms with Gasteiger partial charge in [0.2, 0.25) is 0 Å². The van der Waals surface area contributed by atoms with Crippen molar-refractivity contribution in [2.24, 2.45) is 0 Å². The zero-order valence-corrected chi connectivity index (χ0v) is 17.0. The molecule has 0 aliphatic heterocycles. The summed E-state index contributed by atoms with van der Waals surface area (Å²) < 4.78 is 15.6. The van der Waals surface area contributed by atoms with Gasteiger partial charge in [0.05, 0.1) is 16.8 Å². The van der Waals surface area contributed by atoms with Crippen molar-refractivity contribution in [3.63, 3.8) is 0 Å². The Morgan fingerprint density at radius 1 is 1.17 bits per heavy atom. The zero-order valence-electron chi connectivity index (χ0n) is 14.9. The smallest absolute Gasteiger partial charge is 0.257 e. The second kappa shape index (κ2) is 6.46. The number of anilines is 1. The lowest BCUT2D eigenvalue weighted by Gasteiger charge is -2.23. The highest BCUT2D eigenvalue weighted by Gasteiger charge is 2.26. The second-order valence-corrected chi connectivity index (χ2v) is 8.99. The first kappa shape index (κ1) is 18.9. The molecule has 24 heavy (non-hydrogen) atoms. The molecule has 0 aliphatic carbocycles. The molecule has 1 amide bonds. The van der Waals surface area contributed by atoms with Crippen LogP contribution in [0.1, 0.15) is 57.6 Å². The van der Waals surface area contributed by atoms with E-state index >= 15 is 0 Å². The first-order valence-electron chi connectivity index (χ1n) is 7.77. The molecule has 1 aromatic carbocycles. The van der Waals surface area contributed by atoms with E-state index in [-0.39, 0.29) is 22.7 Å². The van der Waals surface area contributed by atoms with Crippen molar-refractivity contribution in [1.82, 2.24) is 9.78 Å². The van der Waals surface area contributed by atoms with Crippen LogP contribution in [-0.4, -0.2) is 15.7 Å². The molecule has 0 atom stereocenters. The summed E-state index contributed by atoms with van der Waals surface area (Å²) in [6.07, 6.45) is 0. The van der Waals surface area contributed by atoms with Gasteiger partial charge in [0.15, 0.2) is 0 Å². The molecule has 130 valence electrons. The van der Waals surface area contributed by atoms with Gasteiger partial charge in [0, 0.05) is 15.1 Å². The minimum absolute atomic E-state index is 0.125. The highest BCUT2D eigenvalue weighted by atomic mass is 127. The van der Waals surface area contributed by atoms with E-state index in [1.54, 1.807) is 0 Å². The number of nitrogens with zero attached hydrogens (tertiary/aromatic N) is 2. The van der Waals surface area contributed by atoms with E-state index in [4.69, 9.17) is 0 Å². The summed E-state index contributed by atoms with van der Waals surface area (Å²) in [5.74, 6) is 0.00788. The van der Waals surface area contributed by atoms with Gasteiger partial charge in [-0.05, 0) is 61.6 Å². The summed E-state index contributed by atoms with van der Waals surface area (Å²) in [5.41, 5.74) is 0.944. The molecule has 0 unspecified atom stereocenters. The Hall–Kier alpha value is -1.44. The maximum absolute atomic E-state index is 13.2. The van der Waals surface area contributed by atoms with Crippen LogP contribution in [0.4, 0.5) is 10.2 Å². The lowest BCUT2D eigenvalue weighted by atomic mass is 9.92. The highest BCUT2D eigenvalue weighted by molar-refractivity contribution is 14.1. The molecule has 0 spiro atoms. The molecule has 0 aliphatic rings. The molecule has 0 radical (unpaired) electrons. The number of hydrogen-bond acceptors (Lipinski definition) is 2. The van der Waals surface area contributed by atoms with E-state index in [0.29, 0.717) is 15.0 Å². The van der Waals surface area contributed by atoms with Gasteiger partial charge in [-0.1, -0.05) is 20.8 Å². The number of halogens is 2. The Morgan fingerprint density at radius 3 is 2.29 bits per heavy atom. The number of aromatic nitrogens is 2. The first-order chi connectivity index (χ1) is 10.9. The SMILES string of the molecule is CC(C)(C)c1cc(NC(=O)c2ccc(F)cc2I)n(C(C)(C)C)n1. The Morgan fingerprint density at radius 2 is 1.79 bits per heavy atom. The second-order valence-electron chi connectivity index (χ2n) is 7.83. The van der Waals surface area contributed by atoms with Gasteiger partial charge in [-0.2, -0.15) is 5.10 Å².